The lowest BCUT2D eigenvalue weighted by Crippen LogP contribution is -2.06. The summed E-state index contributed by atoms with van der Waals surface area (Å²) in [4.78, 5) is 0. The van der Waals surface area contributed by atoms with Gasteiger partial charge in [-0.3, -0.25) is 0 Å². The molecule has 1 atom stereocenters. The summed E-state index contributed by atoms with van der Waals surface area (Å²) in [7, 11) is 0. The normalized spacial score (nSPS) is 12.3. The van der Waals surface area contributed by atoms with Gasteiger partial charge in [0, 0.05) is 17.7 Å². The monoisotopic (exact) mass is 343 g/mol. The fourth-order valence-corrected chi connectivity index (χ4v) is 2.37. The summed E-state index contributed by atoms with van der Waals surface area (Å²) >= 11 is 8.98. The fraction of sp³-hybridized carbons (Fsp3) is 0.143. The van der Waals surface area contributed by atoms with Gasteiger partial charge in [-0.05, 0) is 35.0 Å². The maximum absolute atomic E-state index is 13.5. The number of hydrogen-bond donors (Lipinski definition) is 1. The number of nitrogens with two attached hydrogens (primary N) is 1. The highest BCUT2D eigenvalue weighted by Crippen LogP contribution is 2.35. The van der Waals surface area contributed by atoms with Crippen molar-refractivity contribution >= 4 is 27.5 Å². The maximum atomic E-state index is 13.5. The van der Waals surface area contributed by atoms with Crippen molar-refractivity contribution < 1.29 is 9.13 Å². The maximum Gasteiger partial charge on any atom is 0.145 e. The van der Waals surface area contributed by atoms with Gasteiger partial charge in [0.25, 0.3) is 0 Å². The number of benzene rings is 2. The molecule has 0 radical (unpaired) electrons. The Balaban J connectivity index is 2.39. The number of para-hydroxylation sites is 1. The zero-order valence-electron chi connectivity index (χ0n) is 10.2. The van der Waals surface area contributed by atoms with Crippen LogP contribution in [0.5, 0.6) is 11.5 Å². The standard InChI is InChI=1S/C14H12BrClFNO/c1-8(18)9-4-2-3-5-13(9)19-14-7-12(17)11(16)6-10(14)15/h2-8H,18H2,1H3/t8-/m0/s1. The van der Waals surface area contributed by atoms with Crippen LogP contribution in [0.15, 0.2) is 40.9 Å². The summed E-state index contributed by atoms with van der Waals surface area (Å²) in [6.07, 6.45) is 0. The van der Waals surface area contributed by atoms with Crippen LogP contribution in [0.25, 0.3) is 0 Å². The van der Waals surface area contributed by atoms with Crippen LogP contribution >= 0.6 is 27.5 Å². The molecule has 0 aliphatic rings. The van der Waals surface area contributed by atoms with Crippen molar-refractivity contribution in [3.8, 4) is 11.5 Å². The molecule has 0 spiro atoms. The van der Waals surface area contributed by atoms with Crippen LogP contribution < -0.4 is 10.5 Å². The van der Waals surface area contributed by atoms with E-state index in [4.69, 9.17) is 22.1 Å². The van der Waals surface area contributed by atoms with Crippen LogP contribution in [0.2, 0.25) is 5.02 Å². The average Bonchev–Trinajstić information content (AvgIpc) is 2.36. The van der Waals surface area contributed by atoms with Crippen molar-refractivity contribution in [1.29, 1.82) is 0 Å². The molecule has 0 aliphatic carbocycles. The Morgan fingerprint density at radius 3 is 2.63 bits per heavy atom. The van der Waals surface area contributed by atoms with Gasteiger partial charge in [0.1, 0.15) is 17.3 Å². The Kier molecular flexibility index (Phi) is 4.45. The summed E-state index contributed by atoms with van der Waals surface area (Å²) in [6.45, 7) is 1.86. The molecule has 0 saturated carbocycles. The molecule has 19 heavy (non-hydrogen) atoms. The second-order valence-corrected chi connectivity index (χ2v) is 5.39. The van der Waals surface area contributed by atoms with Gasteiger partial charge in [0.2, 0.25) is 0 Å². The Labute approximate surface area is 124 Å². The van der Waals surface area contributed by atoms with E-state index in [0.29, 0.717) is 16.0 Å². The lowest BCUT2D eigenvalue weighted by Gasteiger charge is -2.14. The van der Waals surface area contributed by atoms with E-state index in [1.165, 1.54) is 12.1 Å². The lowest BCUT2D eigenvalue weighted by atomic mass is 10.1. The quantitative estimate of drug-likeness (QED) is 0.790. The molecule has 5 heteroatoms. The van der Waals surface area contributed by atoms with Crippen LogP contribution in [0, 0.1) is 5.82 Å². The van der Waals surface area contributed by atoms with E-state index in [-0.39, 0.29) is 11.1 Å². The van der Waals surface area contributed by atoms with Crippen molar-refractivity contribution in [3.63, 3.8) is 0 Å². The van der Waals surface area contributed by atoms with Crippen molar-refractivity contribution in [3.05, 3.63) is 57.3 Å². The van der Waals surface area contributed by atoms with Gasteiger partial charge in [-0.15, -0.1) is 0 Å². The Bertz CT molecular complexity index is 604. The molecule has 0 amide bonds. The number of hydrogen-bond acceptors (Lipinski definition) is 2. The van der Waals surface area contributed by atoms with Crippen LogP contribution in [-0.2, 0) is 0 Å². The zero-order chi connectivity index (χ0) is 14.0. The number of halogens is 3. The number of ether oxygens (including phenoxy) is 1. The molecular weight excluding hydrogens is 333 g/mol. The molecule has 2 rings (SSSR count). The van der Waals surface area contributed by atoms with Crippen LogP contribution in [0.4, 0.5) is 4.39 Å². The molecule has 0 unspecified atom stereocenters. The summed E-state index contributed by atoms with van der Waals surface area (Å²) in [6, 6.07) is 9.90. The fourth-order valence-electron chi connectivity index (χ4n) is 1.65. The topological polar surface area (TPSA) is 35.2 Å². The second kappa shape index (κ2) is 5.90. The van der Waals surface area contributed by atoms with E-state index < -0.39 is 5.82 Å². The third kappa shape index (κ3) is 3.26. The SMILES string of the molecule is C[C@H](N)c1ccccc1Oc1cc(F)c(Cl)cc1Br. The summed E-state index contributed by atoms with van der Waals surface area (Å²) in [5.41, 5.74) is 6.72. The molecule has 0 fully saturated rings. The molecule has 0 bridgehead atoms. The van der Waals surface area contributed by atoms with Gasteiger partial charge in [0.05, 0.1) is 9.50 Å². The molecule has 0 heterocycles. The average molecular weight is 345 g/mol. The second-order valence-electron chi connectivity index (χ2n) is 4.13. The van der Waals surface area contributed by atoms with E-state index in [1.807, 2.05) is 25.1 Å². The van der Waals surface area contributed by atoms with Gasteiger partial charge >= 0.3 is 0 Å². The van der Waals surface area contributed by atoms with Crippen LogP contribution in [-0.4, -0.2) is 0 Å². The molecule has 2 N–H and O–H groups in total. The highest BCUT2D eigenvalue weighted by Gasteiger charge is 2.12. The first-order valence-corrected chi connectivity index (χ1v) is 6.83. The van der Waals surface area contributed by atoms with Gasteiger partial charge in [-0.1, -0.05) is 29.8 Å². The van der Waals surface area contributed by atoms with Gasteiger partial charge in [-0.25, -0.2) is 4.39 Å². The number of rotatable bonds is 3. The third-order valence-corrected chi connectivity index (χ3v) is 3.51. The highest BCUT2D eigenvalue weighted by atomic mass is 79.9. The molecule has 2 aromatic carbocycles. The first kappa shape index (κ1) is 14.3. The summed E-state index contributed by atoms with van der Waals surface area (Å²) in [5.74, 6) is 0.424. The van der Waals surface area contributed by atoms with E-state index in [1.54, 1.807) is 6.07 Å². The molecular formula is C14H12BrClFNO. The Morgan fingerprint density at radius 2 is 1.95 bits per heavy atom. The zero-order valence-corrected chi connectivity index (χ0v) is 12.5. The predicted octanol–water partition coefficient (Wildman–Crippen LogP) is 5.05. The van der Waals surface area contributed by atoms with Crippen LogP contribution in [0.1, 0.15) is 18.5 Å². The predicted molar refractivity (Wildman–Crippen MR) is 78.2 cm³/mol. The third-order valence-electron chi connectivity index (χ3n) is 2.60. The molecule has 0 saturated heterocycles. The van der Waals surface area contributed by atoms with Crippen molar-refractivity contribution in [2.45, 2.75) is 13.0 Å². The van der Waals surface area contributed by atoms with E-state index in [2.05, 4.69) is 15.9 Å². The van der Waals surface area contributed by atoms with Gasteiger partial charge in [-0.2, -0.15) is 0 Å². The van der Waals surface area contributed by atoms with Crippen molar-refractivity contribution in [2.24, 2.45) is 5.73 Å². The van der Waals surface area contributed by atoms with Crippen LogP contribution in [0.3, 0.4) is 0 Å². The summed E-state index contributed by atoms with van der Waals surface area (Å²) < 4.78 is 19.8. The first-order valence-electron chi connectivity index (χ1n) is 5.66. The van der Waals surface area contributed by atoms with Gasteiger partial charge in [0.15, 0.2) is 0 Å². The van der Waals surface area contributed by atoms with E-state index in [0.717, 1.165) is 5.56 Å². The largest absolute Gasteiger partial charge is 0.456 e. The molecule has 2 nitrogen and oxygen atoms in total. The lowest BCUT2D eigenvalue weighted by molar-refractivity contribution is 0.464. The van der Waals surface area contributed by atoms with E-state index >= 15 is 0 Å². The van der Waals surface area contributed by atoms with Crippen molar-refractivity contribution in [1.82, 2.24) is 0 Å². The van der Waals surface area contributed by atoms with Gasteiger partial charge < -0.3 is 10.5 Å². The molecule has 100 valence electrons. The van der Waals surface area contributed by atoms with E-state index in [9.17, 15) is 4.39 Å². The Hall–Kier alpha value is -1.10. The molecule has 2 aromatic rings. The minimum absolute atomic E-state index is 0.0414. The van der Waals surface area contributed by atoms with Crippen molar-refractivity contribution in [2.75, 3.05) is 0 Å². The minimum atomic E-state index is -0.529. The molecule has 0 aliphatic heterocycles. The summed E-state index contributed by atoms with van der Waals surface area (Å²) in [5, 5.41) is 0.0414. The highest BCUT2D eigenvalue weighted by molar-refractivity contribution is 9.10. The minimum Gasteiger partial charge on any atom is -0.456 e. The smallest absolute Gasteiger partial charge is 0.145 e. The Morgan fingerprint density at radius 1 is 1.26 bits per heavy atom. The molecule has 0 aromatic heterocycles. The first-order chi connectivity index (χ1) is 8.99.